The van der Waals surface area contributed by atoms with Gasteiger partial charge in [-0.25, -0.2) is 0 Å². The van der Waals surface area contributed by atoms with E-state index in [1.165, 1.54) is 17.1 Å². The molecule has 0 N–H and O–H groups in total. The Morgan fingerprint density at radius 1 is 1.12 bits per heavy atom. The van der Waals surface area contributed by atoms with Gasteiger partial charge >= 0.3 is 0 Å². The third kappa shape index (κ3) is 3.41. The van der Waals surface area contributed by atoms with Crippen LogP contribution in [0.15, 0.2) is 0 Å². The fourth-order valence-electron chi connectivity index (χ4n) is 1.80. The van der Waals surface area contributed by atoms with Crippen LogP contribution < -0.4 is 0 Å². The first-order valence-corrected chi connectivity index (χ1v) is 7.28. The minimum atomic E-state index is -3.20. The van der Waals surface area contributed by atoms with Crippen LogP contribution in [0.2, 0.25) is 0 Å². The first kappa shape index (κ1) is 13.9. The molecule has 1 aliphatic heterocycles. The maximum Gasteiger partial charge on any atom is 0.281 e. The topological polar surface area (TPSA) is 43.9 Å². The van der Waals surface area contributed by atoms with Crippen LogP contribution in [0, 0.1) is 0 Å². The highest BCUT2D eigenvalue weighted by Crippen LogP contribution is 2.09. The lowest BCUT2D eigenvalue weighted by atomic mass is 10.3. The molecule has 0 radical (unpaired) electrons. The zero-order chi connectivity index (χ0) is 12.2. The van der Waals surface area contributed by atoms with Crippen LogP contribution in [0.5, 0.6) is 0 Å². The molecule has 0 aromatic rings. The normalized spacial score (nSPS) is 20.5. The van der Waals surface area contributed by atoms with Crippen molar-refractivity contribution in [2.24, 2.45) is 0 Å². The summed E-state index contributed by atoms with van der Waals surface area (Å²) in [5, 5.41) is 0. The summed E-state index contributed by atoms with van der Waals surface area (Å²) in [4.78, 5) is 2.34. The van der Waals surface area contributed by atoms with E-state index in [0.717, 1.165) is 19.6 Å². The average molecular weight is 249 g/mol. The van der Waals surface area contributed by atoms with Crippen LogP contribution in [-0.2, 0) is 10.2 Å². The van der Waals surface area contributed by atoms with Gasteiger partial charge in [0.1, 0.15) is 0 Å². The highest BCUT2D eigenvalue weighted by atomic mass is 32.2. The van der Waals surface area contributed by atoms with Crippen molar-refractivity contribution in [2.45, 2.75) is 19.8 Å². The molecule has 6 heteroatoms. The van der Waals surface area contributed by atoms with Gasteiger partial charge in [-0.15, -0.1) is 0 Å². The summed E-state index contributed by atoms with van der Waals surface area (Å²) in [5.74, 6) is 0. The standard InChI is InChI=1S/C10H23N3O2S/c1-4-5-6-12-7-9-13(10-8-12)16(14,15)11(2)3/h4-10H2,1-3H3. The van der Waals surface area contributed by atoms with Crippen molar-refractivity contribution in [1.82, 2.24) is 13.5 Å². The summed E-state index contributed by atoms with van der Waals surface area (Å²) in [5.41, 5.74) is 0. The molecule has 1 fully saturated rings. The molecule has 0 spiro atoms. The second-order valence-electron chi connectivity index (χ2n) is 4.38. The summed E-state index contributed by atoms with van der Waals surface area (Å²) < 4.78 is 26.5. The van der Waals surface area contributed by atoms with Gasteiger partial charge in [0.05, 0.1) is 0 Å². The van der Waals surface area contributed by atoms with Gasteiger partial charge in [0.15, 0.2) is 0 Å². The van der Waals surface area contributed by atoms with Gasteiger partial charge in [-0.2, -0.15) is 17.0 Å². The Balaban J connectivity index is 2.43. The molecule has 96 valence electrons. The molecular weight excluding hydrogens is 226 g/mol. The predicted octanol–water partition coefficient (Wildman–Crippen LogP) is 0.211. The second kappa shape index (κ2) is 5.95. The molecular formula is C10H23N3O2S. The Morgan fingerprint density at radius 2 is 1.69 bits per heavy atom. The Morgan fingerprint density at radius 3 is 2.12 bits per heavy atom. The van der Waals surface area contributed by atoms with E-state index in [2.05, 4.69) is 11.8 Å². The van der Waals surface area contributed by atoms with E-state index in [0.29, 0.717) is 13.1 Å². The Labute approximate surface area is 99.2 Å². The Bertz CT molecular complexity index is 295. The number of rotatable bonds is 5. The molecule has 0 bridgehead atoms. The van der Waals surface area contributed by atoms with Crippen molar-refractivity contribution in [3.05, 3.63) is 0 Å². The van der Waals surface area contributed by atoms with Crippen LogP contribution in [0.4, 0.5) is 0 Å². The van der Waals surface area contributed by atoms with Crippen molar-refractivity contribution >= 4 is 10.2 Å². The van der Waals surface area contributed by atoms with Crippen molar-refractivity contribution in [3.8, 4) is 0 Å². The lowest BCUT2D eigenvalue weighted by molar-refractivity contribution is 0.182. The monoisotopic (exact) mass is 249 g/mol. The molecule has 0 aromatic carbocycles. The molecule has 0 saturated carbocycles. The van der Waals surface area contributed by atoms with Gasteiger partial charge in [0.2, 0.25) is 0 Å². The zero-order valence-corrected chi connectivity index (χ0v) is 11.3. The molecule has 0 aliphatic carbocycles. The van der Waals surface area contributed by atoms with E-state index in [9.17, 15) is 8.42 Å². The second-order valence-corrected chi connectivity index (χ2v) is 6.53. The number of hydrogen-bond donors (Lipinski definition) is 0. The van der Waals surface area contributed by atoms with Crippen LogP contribution in [0.25, 0.3) is 0 Å². The average Bonchev–Trinajstić information content (AvgIpc) is 2.26. The summed E-state index contributed by atoms with van der Waals surface area (Å²) in [6, 6.07) is 0. The van der Waals surface area contributed by atoms with Gasteiger partial charge < -0.3 is 4.90 Å². The SMILES string of the molecule is CCCCN1CCN(S(=O)(=O)N(C)C)CC1. The van der Waals surface area contributed by atoms with E-state index in [1.807, 2.05) is 0 Å². The van der Waals surface area contributed by atoms with E-state index in [-0.39, 0.29) is 0 Å². The minimum Gasteiger partial charge on any atom is -0.301 e. The fourth-order valence-corrected chi connectivity index (χ4v) is 2.88. The molecule has 0 atom stereocenters. The Hall–Kier alpha value is -0.170. The minimum absolute atomic E-state index is 0.615. The molecule has 0 aromatic heterocycles. The first-order chi connectivity index (χ1) is 7.48. The van der Waals surface area contributed by atoms with Crippen LogP contribution in [0.3, 0.4) is 0 Å². The molecule has 0 amide bonds. The maximum absolute atomic E-state index is 11.8. The number of piperazine rings is 1. The number of unbranched alkanes of at least 4 members (excludes halogenated alkanes) is 1. The number of hydrogen-bond acceptors (Lipinski definition) is 3. The predicted molar refractivity (Wildman–Crippen MR) is 65.5 cm³/mol. The summed E-state index contributed by atoms with van der Waals surface area (Å²) in [6.45, 7) is 6.20. The lowest BCUT2D eigenvalue weighted by Crippen LogP contribution is -2.51. The van der Waals surface area contributed by atoms with Crippen molar-refractivity contribution in [3.63, 3.8) is 0 Å². The number of nitrogens with zero attached hydrogens (tertiary/aromatic N) is 3. The first-order valence-electron chi connectivity index (χ1n) is 5.88. The highest BCUT2D eigenvalue weighted by Gasteiger charge is 2.27. The summed E-state index contributed by atoms with van der Waals surface area (Å²) in [6.07, 6.45) is 2.39. The molecule has 16 heavy (non-hydrogen) atoms. The summed E-state index contributed by atoms with van der Waals surface area (Å²) in [7, 11) is -0.0396. The van der Waals surface area contributed by atoms with E-state index < -0.39 is 10.2 Å². The fraction of sp³-hybridized carbons (Fsp3) is 1.00. The largest absolute Gasteiger partial charge is 0.301 e. The summed E-state index contributed by atoms with van der Waals surface area (Å²) >= 11 is 0. The van der Waals surface area contributed by atoms with Crippen molar-refractivity contribution < 1.29 is 8.42 Å². The molecule has 5 nitrogen and oxygen atoms in total. The van der Waals surface area contributed by atoms with E-state index in [4.69, 9.17) is 0 Å². The van der Waals surface area contributed by atoms with E-state index in [1.54, 1.807) is 18.4 Å². The van der Waals surface area contributed by atoms with Crippen molar-refractivity contribution in [1.29, 1.82) is 0 Å². The third-order valence-electron chi connectivity index (χ3n) is 2.95. The maximum atomic E-state index is 11.8. The quantitative estimate of drug-likeness (QED) is 0.699. The van der Waals surface area contributed by atoms with Crippen LogP contribution >= 0.6 is 0 Å². The van der Waals surface area contributed by atoms with Gasteiger partial charge in [-0.1, -0.05) is 13.3 Å². The van der Waals surface area contributed by atoms with Gasteiger partial charge in [-0.05, 0) is 13.0 Å². The zero-order valence-electron chi connectivity index (χ0n) is 10.5. The smallest absolute Gasteiger partial charge is 0.281 e. The molecule has 1 aliphatic rings. The Kier molecular flexibility index (Phi) is 5.17. The molecule has 1 saturated heterocycles. The van der Waals surface area contributed by atoms with Crippen molar-refractivity contribution in [2.75, 3.05) is 46.8 Å². The third-order valence-corrected chi connectivity index (χ3v) is 4.89. The molecule has 1 rings (SSSR count). The van der Waals surface area contributed by atoms with Gasteiger partial charge in [0.25, 0.3) is 10.2 Å². The molecule has 0 unspecified atom stereocenters. The highest BCUT2D eigenvalue weighted by molar-refractivity contribution is 7.86. The molecule has 1 heterocycles. The van der Waals surface area contributed by atoms with Gasteiger partial charge in [-0.3, -0.25) is 0 Å². The van der Waals surface area contributed by atoms with E-state index >= 15 is 0 Å². The van der Waals surface area contributed by atoms with Crippen LogP contribution in [0.1, 0.15) is 19.8 Å². The van der Waals surface area contributed by atoms with Crippen LogP contribution in [-0.4, -0.2) is 68.7 Å². The lowest BCUT2D eigenvalue weighted by Gasteiger charge is -2.35. The van der Waals surface area contributed by atoms with Gasteiger partial charge in [0, 0.05) is 40.3 Å².